The molecule has 110 valence electrons. The third kappa shape index (κ3) is 3.81. The van der Waals surface area contributed by atoms with Crippen LogP contribution < -0.4 is 16.2 Å². The van der Waals surface area contributed by atoms with E-state index in [-0.39, 0.29) is 18.0 Å². The number of ether oxygens (including phenoxy) is 1. The van der Waals surface area contributed by atoms with Crippen LogP contribution in [-0.4, -0.2) is 42.1 Å². The summed E-state index contributed by atoms with van der Waals surface area (Å²) in [6, 6.07) is 0. The predicted molar refractivity (Wildman–Crippen MR) is 77.3 cm³/mol. The molecule has 1 aromatic rings. The van der Waals surface area contributed by atoms with Crippen molar-refractivity contribution in [3.63, 3.8) is 0 Å². The Kier molecular flexibility index (Phi) is 5.70. The van der Waals surface area contributed by atoms with Crippen LogP contribution in [0.5, 0.6) is 0 Å². The molecule has 1 rings (SSSR count). The Labute approximate surface area is 116 Å². The Morgan fingerprint density at radius 3 is 2.75 bits per heavy atom. The molecule has 0 aliphatic carbocycles. The van der Waals surface area contributed by atoms with Gasteiger partial charge in [-0.05, 0) is 6.92 Å². The number of nitrogens with one attached hydrogen (secondary N) is 2. The maximum Gasteiger partial charge on any atom is 0.309 e. The summed E-state index contributed by atoms with van der Waals surface area (Å²) in [4.78, 5) is 31.2. The Hall–Kier alpha value is -2.38. The van der Waals surface area contributed by atoms with Crippen LogP contribution in [0.1, 0.15) is 13.8 Å². The van der Waals surface area contributed by atoms with E-state index in [1.165, 1.54) is 24.9 Å². The van der Waals surface area contributed by atoms with Crippen molar-refractivity contribution in [3.8, 4) is 0 Å². The van der Waals surface area contributed by atoms with E-state index < -0.39 is 5.97 Å². The third-order valence-electron chi connectivity index (χ3n) is 2.45. The molecule has 0 unspecified atom stereocenters. The molecule has 1 aromatic heterocycles. The summed E-state index contributed by atoms with van der Waals surface area (Å²) in [6.45, 7) is 3.89. The molecule has 0 atom stereocenters. The summed E-state index contributed by atoms with van der Waals surface area (Å²) in [7, 11) is 3.13. The number of anilines is 2. The smallest absolute Gasteiger partial charge is 0.309 e. The molecule has 20 heavy (non-hydrogen) atoms. The van der Waals surface area contributed by atoms with Gasteiger partial charge >= 0.3 is 5.97 Å². The lowest BCUT2D eigenvalue weighted by Gasteiger charge is -2.12. The quantitative estimate of drug-likeness (QED) is 0.458. The van der Waals surface area contributed by atoms with Crippen molar-refractivity contribution in [2.45, 2.75) is 20.4 Å². The zero-order chi connectivity index (χ0) is 15.1. The van der Waals surface area contributed by atoms with Crippen molar-refractivity contribution >= 4 is 23.4 Å². The molecule has 8 heteroatoms. The van der Waals surface area contributed by atoms with E-state index >= 15 is 0 Å². The first kappa shape index (κ1) is 15.7. The summed E-state index contributed by atoms with van der Waals surface area (Å²) in [5.74, 6) is 0.156. The summed E-state index contributed by atoms with van der Waals surface area (Å²) in [6.07, 6.45) is 1.38. The number of hydrogen-bond acceptors (Lipinski definition) is 7. The van der Waals surface area contributed by atoms with Crippen molar-refractivity contribution in [1.29, 1.82) is 0 Å². The highest BCUT2D eigenvalue weighted by Gasteiger charge is 2.12. The van der Waals surface area contributed by atoms with Gasteiger partial charge < -0.3 is 15.4 Å². The monoisotopic (exact) mass is 281 g/mol. The van der Waals surface area contributed by atoms with Gasteiger partial charge in [-0.25, -0.2) is 4.98 Å². The highest BCUT2D eigenvalue weighted by molar-refractivity contribution is 5.87. The van der Waals surface area contributed by atoms with Crippen LogP contribution in [0.4, 0.5) is 11.5 Å². The van der Waals surface area contributed by atoms with E-state index in [0.717, 1.165) is 0 Å². The number of aliphatic imine (C=N–C) groups is 1. The standard InChI is InChI=1S/C12H19N5O3/c1-5-15-11-10(14-4)12(19)17(7-16-11)6-9(13-3)20-8(2)18/h7,14-15H,5-6H2,1-4H3. The normalized spacial score (nSPS) is 11.1. The summed E-state index contributed by atoms with van der Waals surface area (Å²) in [5.41, 5.74) is 0.0828. The first-order valence-corrected chi connectivity index (χ1v) is 6.18. The lowest BCUT2D eigenvalue weighted by Crippen LogP contribution is -2.29. The second kappa shape index (κ2) is 7.27. The molecule has 0 saturated heterocycles. The van der Waals surface area contributed by atoms with Crippen LogP contribution in [0.2, 0.25) is 0 Å². The SMILES string of the molecule is CCNc1ncn(CC(=NC)OC(C)=O)c(=O)c1NC. The van der Waals surface area contributed by atoms with E-state index in [1.54, 1.807) is 7.05 Å². The zero-order valence-electron chi connectivity index (χ0n) is 12.1. The van der Waals surface area contributed by atoms with Gasteiger partial charge in [0.1, 0.15) is 18.6 Å². The Morgan fingerprint density at radius 1 is 1.55 bits per heavy atom. The lowest BCUT2D eigenvalue weighted by molar-refractivity contribution is -0.133. The fraction of sp³-hybridized carbons (Fsp3) is 0.500. The summed E-state index contributed by atoms with van der Waals surface area (Å²) >= 11 is 0. The second-order valence-electron chi connectivity index (χ2n) is 3.89. The van der Waals surface area contributed by atoms with Gasteiger partial charge in [-0.2, -0.15) is 0 Å². The summed E-state index contributed by atoms with van der Waals surface area (Å²) in [5, 5.41) is 5.81. The number of aromatic nitrogens is 2. The maximum absolute atomic E-state index is 12.3. The second-order valence-corrected chi connectivity index (χ2v) is 3.89. The van der Waals surface area contributed by atoms with Crippen molar-refractivity contribution < 1.29 is 9.53 Å². The van der Waals surface area contributed by atoms with E-state index in [0.29, 0.717) is 18.1 Å². The molecule has 0 aliphatic heterocycles. The Bertz CT molecular complexity index is 565. The predicted octanol–water partition coefficient (Wildman–Crippen LogP) is 0.308. The molecule has 0 aromatic carbocycles. The van der Waals surface area contributed by atoms with Crippen LogP contribution in [0.25, 0.3) is 0 Å². The van der Waals surface area contributed by atoms with Gasteiger partial charge in [0, 0.05) is 27.6 Å². The number of esters is 1. The molecule has 0 aliphatic rings. The summed E-state index contributed by atoms with van der Waals surface area (Å²) < 4.78 is 6.21. The lowest BCUT2D eigenvalue weighted by atomic mass is 10.4. The van der Waals surface area contributed by atoms with Crippen LogP contribution in [0.3, 0.4) is 0 Å². The van der Waals surface area contributed by atoms with E-state index in [4.69, 9.17) is 4.74 Å². The van der Waals surface area contributed by atoms with Crippen molar-refractivity contribution in [2.75, 3.05) is 31.3 Å². The van der Waals surface area contributed by atoms with Gasteiger partial charge in [0.15, 0.2) is 5.82 Å². The van der Waals surface area contributed by atoms with Crippen LogP contribution in [-0.2, 0) is 16.1 Å². The molecule has 0 amide bonds. The van der Waals surface area contributed by atoms with Gasteiger partial charge in [0.25, 0.3) is 5.56 Å². The van der Waals surface area contributed by atoms with Gasteiger partial charge in [-0.15, -0.1) is 0 Å². The minimum Gasteiger partial charge on any atom is -0.410 e. The highest BCUT2D eigenvalue weighted by atomic mass is 16.5. The van der Waals surface area contributed by atoms with E-state index in [2.05, 4.69) is 20.6 Å². The number of carbonyl (C=O) groups excluding carboxylic acids is 1. The molecule has 0 fully saturated rings. The minimum absolute atomic E-state index is 0.0446. The van der Waals surface area contributed by atoms with Crippen molar-refractivity contribution in [1.82, 2.24) is 9.55 Å². The largest absolute Gasteiger partial charge is 0.410 e. The van der Waals surface area contributed by atoms with E-state index in [9.17, 15) is 9.59 Å². The third-order valence-corrected chi connectivity index (χ3v) is 2.45. The van der Waals surface area contributed by atoms with E-state index in [1.807, 2.05) is 6.92 Å². The Balaban J connectivity index is 3.08. The molecule has 8 nitrogen and oxygen atoms in total. The number of nitrogens with zero attached hydrogens (tertiary/aromatic N) is 3. The van der Waals surface area contributed by atoms with Crippen LogP contribution >= 0.6 is 0 Å². The van der Waals surface area contributed by atoms with Gasteiger partial charge in [-0.3, -0.25) is 19.1 Å². The molecule has 0 saturated carbocycles. The molecular formula is C12H19N5O3. The fourth-order valence-electron chi connectivity index (χ4n) is 1.59. The average molecular weight is 281 g/mol. The van der Waals surface area contributed by atoms with Gasteiger partial charge in [-0.1, -0.05) is 0 Å². The topological polar surface area (TPSA) is 97.6 Å². The maximum atomic E-state index is 12.3. The molecule has 2 N–H and O–H groups in total. The van der Waals surface area contributed by atoms with Gasteiger partial charge in [0.2, 0.25) is 5.90 Å². The molecule has 1 heterocycles. The number of hydrogen-bond donors (Lipinski definition) is 2. The highest BCUT2D eigenvalue weighted by Crippen LogP contribution is 2.11. The van der Waals surface area contributed by atoms with Crippen LogP contribution in [0, 0.1) is 0 Å². The van der Waals surface area contributed by atoms with Gasteiger partial charge in [0.05, 0.1) is 0 Å². The van der Waals surface area contributed by atoms with Crippen molar-refractivity contribution in [2.24, 2.45) is 4.99 Å². The molecular weight excluding hydrogens is 262 g/mol. The zero-order valence-corrected chi connectivity index (χ0v) is 12.1. The number of rotatable bonds is 5. The fourth-order valence-corrected chi connectivity index (χ4v) is 1.59. The molecule has 0 bridgehead atoms. The average Bonchev–Trinajstić information content (AvgIpc) is 2.41. The molecule has 0 spiro atoms. The molecule has 0 radical (unpaired) electrons. The van der Waals surface area contributed by atoms with Crippen LogP contribution in [0.15, 0.2) is 16.1 Å². The first-order chi connectivity index (χ1) is 9.53. The minimum atomic E-state index is -0.482. The van der Waals surface area contributed by atoms with Crippen molar-refractivity contribution in [3.05, 3.63) is 16.7 Å². The Morgan fingerprint density at radius 2 is 2.25 bits per heavy atom. The number of carbonyl (C=O) groups is 1. The first-order valence-electron chi connectivity index (χ1n) is 6.18.